The molecule has 2 heterocycles. The Hall–Kier alpha value is -2.89. The molecule has 1 fully saturated rings. The number of nitrogens with two attached hydrogens (primary N) is 1. The molecule has 0 spiro atoms. The number of rotatable bonds is 5. The van der Waals surface area contributed by atoms with E-state index >= 15 is 0 Å². The van der Waals surface area contributed by atoms with Crippen molar-refractivity contribution in [3.63, 3.8) is 0 Å². The van der Waals surface area contributed by atoms with Crippen molar-refractivity contribution in [3.05, 3.63) is 45.8 Å². The van der Waals surface area contributed by atoms with Crippen LogP contribution in [0.3, 0.4) is 0 Å². The van der Waals surface area contributed by atoms with Crippen LogP contribution in [0.2, 0.25) is 0 Å². The molecule has 4 rings (SSSR count). The zero-order chi connectivity index (χ0) is 21.8. The van der Waals surface area contributed by atoms with Gasteiger partial charge in [0, 0.05) is 31.1 Å². The number of para-hydroxylation sites is 1. The molecule has 0 atom stereocenters. The maximum absolute atomic E-state index is 12.8. The van der Waals surface area contributed by atoms with E-state index in [0.29, 0.717) is 16.1 Å². The molecule has 1 aromatic carbocycles. The Labute approximate surface area is 186 Å². The third kappa shape index (κ3) is 4.73. The van der Waals surface area contributed by atoms with Crippen LogP contribution in [0.5, 0.6) is 0 Å². The molecule has 1 aliphatic carbocycles. The Morgan fingerprint density at radius 1 is 1.10 bits per heavy atom. The van der Waals surface area contributed by atoms with Crippen LogP contribution in [0.4, 0.5) is 10.7 Å². The summed E-state index contributed by atoms with van der Waals surface area (Å²) in [4.78, 5) is 30.3. The Morgan fingerprint density at radius 2 is 1.90 bits per heavy atom. The fourth-order valence-electron chi connectivity index (χ4n) is 4.50. The first kappa shape index (κ1) is 21.3. The van der Waals surface area contributed by atoms with Crippen molar-refractivity contribution in [3.8, 4) is 6.07 Å². The van der Waals surface area contributed by atoms with Crippen LogP contribution in [0.25, 0.3) is 0 Å². The molecule has 0 saturated carbocycles. The molecule has 0 bridgehead atoms. The molecular weight excluding hydrogens is 410 g/mol. The predicted octanol–water partition coefficient (Wildman–Crippen LogP) is 2.75. The molecule has 1 saturated heterocycles. The van der Waals surface area contributed by atoms with Gasteiger partial charge < -0.3 is 16.0 Å². The second-order valence-corrected chi connectivity index (χ2v) is 9.18. The van der Waals surface area contributed by atoms with Gasteiger partial charge in [-0.2, -0.15) is 5.26 Å². The first-order chi connectivity index (χ1) is 15.1. The average Bonchev–Trinajstić information content (AvgIpc) is 2.97. The van der Waals surface area contributed by atoms with E-state index < -0.39 is 5.91 Å². The predicted molar refractivity (Wildman–Crippen MR) is 123 cm³/mol. The highest BCUT2D eigenvalue weighted by Gasteiger charge is 2.26. The number of aryl methyl sites for hydroxylation is 1. The largest absolute Gasteiger partial charge is 0.369 e. The van der Waals surface area contributed by atoms with Crippen molar-refractivity contribution < 1.29 is 9.59 Å². The third-order valence-corrected chi connectivity index (χ3v) is 7.20. The maximum atomic E-state index is 12.8. The molecule has 7 nitrogen and oxygen atoms in total. The minimum Gasteiger partial charge on any atom is -0.369 e. The van der Waals surface area contributed by atoms with Crippen molar-refractivity contribution in [2.24, 2.45) is 5.73 Å². The summed E-state index contributed by atoms with van der Waals surface area (Å²) in [5, 5.41) is 12.9. The molecule has 31 heavy (non-hydrogen) atoms. The van der Waals surface area contributed by atoms with E-state index in [4.69, 9.17) is 5.73 Å². The number of carbonyl (C=O) groups excluding carboxylic acids is 2. The topological polar surface area (TPSA) is 102 Å². The summed E-state index contributed by atoms with van der Waals surface area (Å²) in [6.07, 6.45) is 4.87. The van der Waals surface area contributed by atoms with Crippen LogP contribution >= 0.6 is 11.3 Å². The van der Waals surface area contributed by atoms with Crippen LogP contribution < -0.4 is 16.0 Å². The van der Waals surface area contributed by atoms with E-state index in [-0.39, 0.29) is 12.5 Å². The number of benzene rings is 1. The van der Waals surface area contributed by atoms with Gasteiger partial charge in [0.2, 0.25) is 5.91 Å². The second kappa shape index (κ2) is 9.50. The summed E-state index contributed by atoms with van der Waals surface area (Å²) >= 11 is 1.50. The Bertz CT molecular complexity index is 1030. The zero-order valence-electron chi connectivity index (χ0n) is 17.5. The molecule has 1 aromatic heterocycles. The van der Waals surface area contributed by atoms with Gasteiger partial charge >= 0.3 is 0 Å². The lowest BCUT2D eigenvalue weighted by Crippen LogP contribution is -2.36. The number of primary amides is 1. The van der Waals surface area contributed by atoms with Crippen LogP contribution in [-0.2, 0) is 17.6 Å². The Balaban J connectivity index is 1.39. The van der Waals surface area contributed by atoms with Crippen molar-refractivity contribution in [1.82, 2.24) is 4.90 Å². The number of hydrogen-bond acceptors (Lipinski definition) is 6. The molecule has 2 aliphatic rings. The van der Waals surface area contributed by atoms with E-state index in [1.54, 1.807) is 0 Å². The average molecular weight is 438 g/mol. The van der Waals surface area contributed by atoms with Gasteiger partial charge in [0.25, 0.3) is 5.91 Å². The minimum atomic E-state index is -0.462. The SMILES string of the molecule is N#Cc1ccccc1N1CCCN(CC(=O)Nc2sc3c(c2C(N)=O)CCCC3)CC1. The monoisotopic (exact) mass is 437 g/mol. The summed E-state index contributed by atoms with van der Waals surface area (Å²) in [6.45, 7) is 3.42. The molecule has 0 radical (unpaired) electrons. The number of amides is 2. The molecule has 2 aromatic rings. The summed E-state index contributed by atoms with van der Waals surface area (Å²) in [6, 6.07) is 9.90. The number of anilines is 2. The molecule has 1 aliphatic heterocycles. The fourth-order valence-corrected chi connectivity index (χ4v) is 5.81. The summed E-state index contributed by atoms with van der Waals surface area (Å²) in [7, 11) is 0. The number of carbonyl (C=O) groups is 2. The van der Waals surface area contributed by atoms with Crippen LogP contribution in [-0.4, -0.2) is 49.4 Å². The van der Waals surface area contributed by atoms with Crippen LogP contribution in [0.15, 0.2) is 24.3 Å². The zero-order valence-corrected chi connectivity index (χ0v) is 18.3. The maximum Gasteiger partial charge on any atom is 0.251 e. The highest BCUT2D eigenvalue weighted by atomic mass is 32.1. The summed E-state index contributed by atoms with van der Waals surface area (Å²) < 4.78 is 0. The minimum absolute atomic E-state index is 0.119. The van der Waals surface area contributed by atoms with Gasteiger partial charge in [-0.15, -0.1) is 11.3 Å². The van der Waals surface area contributed by atoms with Crippen molar-refractivity contribution in [2.75, 3.05) is 42.9 Å². The quantitative estimate of drug-likeness (QED) is 0.749. The van der Waals surface area contributed by atoms with Gasteiger partial charge in [-0.1, -0.05) is 12.1 Å². The molecule has 3 N–H and O–H groups in total. The van der Waals surface area contributed by atoms with Crippen molar-refractivity contribution in [2.45, 2.75) is 32.1 Å². The first-order valence-corrected chi connectivity index (χ1v) is 11.6. The summed E-state index contributed by atoms with van der Waals surface area (Å²) in [5.41, 5.74) is 8.79. The molecule has 8 heteroatoms. The number of hydrogen-bond donors (Lipinski definition) is 2. The van der Waals surface area contributed by atoms with Crippen molar-refractivity contribution in [1.29, 1.82) is 5.26 Å². The standard InChI is InChI=1S/C23H27N5O2S/c24-14-16-6-1-3-8-18(16)28-11-5-10-27(12-13-28)15-20(29)26-23-21(22(25)30)17-7-2-4-9-19(17)31-23/h1,3,6,8H,2,4-5,7,9-13,15H2,(H2,25,30)(H,26,29). The Morgan fingerprint density at radius 3 is 2.71 bits per heavy atom. The molecular formula is C23H27N5O2S. The first-order valence-electron chi connectivity index (χ1n) is 10.8. The van der Waals surface area contributed by atoms with E-state index in [9.17, 15) is 14.9 Å². The van der Waals surface area contributed by atoms with Gasteiger partial charge in [-0.25, -0.2) is 0 Å². The van der Waals surface area contributed by atoms with Gasteiger partial charge in [-0.05, 0) is 49.8 Å². The smallest absolute Gasteiger partial charge is 0.251 e. The number of thiophene rings is 1. The molecule has 162 valence electrons. The fraction of sp³-hybridized carbons (Fsp3) is 0.435. The van der Waals surface area contributed by atoms with Crippen LogP contribution in [0, 0.1) is 11.3 Å². The number of nitriles is 1. The van der Waals surface area contributed by atoms with Gasteiger partial charge in [0.05, 0.1) is 23.4 Å². The molecule has 0 unspecified atom stereocenters. The highest BCUT2D eigenvalue weighted by Crippen LogP contribution is 2.37. The number of nitrogens with zero attached hydrogens (tertiary/aromatic N) is 3. The van der Waals surface area contributed by atoms with E-state index in [0.717, 1.165) is 69.5 Å². The van der Waals surface area contributed by atoms with Gasteiger partial charge in [-0.3, -0.25) is 14.5 Å². The molecule has 2 amide bonds. The van der Waals surface area contributed by atoms with Crippen molar-refractivity contribution >= 4 is 33.8 Å². The van der Waals surface area contributed by atoms with E-state index in [2.05, 4.69) is 21.2 Å². The number of fused-ring (bicyclic) bond motifs is 1. The van der Waals surface area contributed by atoms with Gasteiger partial charge in [0.15, 0.2) is 0 Å². The lowest BCUT2D eigenvalue weighted by Gasteiger charge is -2.24. The highest BCUT2D eigenvalue weighted by molar-refractivity contribution is 7.17. The normalized spacial score (nSPS) is 16.8. The third-order valence-electron chi connectivity index (χ3n) is 5.99. The van der Waals surface area contributed by atoms with Gasteiger partial charge in [0.1, 0.15) is 11.1 Å². The van der Waals surface area contributed by atoms with Crippen LogP contribution in [0.1, 0.15) is 45.6 Å². The van der Waals surface area contributed by atoms with E-state index in [1.165, 1.54) is 16.2 Å². The lowest BCUT2D eigenvalue weighted by molar-refractivity contribution is -0.117. The lowest BCUT2D eigenvalue weighted by atomic mass is 9.95. The number of nitrogens with one attached hydrogen (secondary N) is 1. The summed E-state index contributed by atoms with van der Waals surface area (Å²) in [5.74, 6) is -0.580. The second-order valence-electron chi connectivity index (χ2n) is 8.07. The van der Waals surface area contributed by atoms with E-state index in [1.807, 2.05) is 24.3 Å². The Kier molecular flexibility index (Phi) is 6.54.